The number of H-pyrrole nitrogens is 1. The SMILES string of the molecule is COc1ccc2c3c1O[C@H]1C(OC(=O)C(NC(=O)CCN)c4cnc[nH]4)=CC[C@@]4(O)[C@@H](C2)N(C)CC[C@]314. The van der Waals surface area contributed by atoms with Crippen LogP contribution >= 0.6 is 0 Å². The smallest absolute Gasteiger partial charge is 0.340 e. The Morgan fingerprint density at radius 2 is 2.27 bits per heavy atom. The molecule has 2 bridgehead atoms. The maximum atomic E-state index is 13.5. The lowest BCUT2D eigenvalue weighted by atomic mass is 9.50. The molecule has 11 heteroatoms. The molecular weight excluding hydrogens is 478 g/mol. The van der Waals surface area contributed by atoms with Crippen LogP contribution in [0.25, 0.3) is 0 Å². The van der Waals surface area contributed by atoms with E-state index in [1.165, 1.54) is 12.5 Å². The fourth-order valence-corrected chi connectivity index (χ4v) is 6.82. The normalized spacial score (nSPS) is 30.0. The van der Waals surface area contributed by atoms with Gasteiger partial charge in [-0.3, -0.25) is 4.79 Å². The molecule has 37 heavy (non-hydrogen) atoms. The zero-order valence-corrected chi connectivity index (χ0v) is 20.8. The maximum Gasteiger partial charge on any atom is 0.340 e. The highest BCUT2D eigenvalue weighted by atomic mass is 16.6. The molecule has 1 fully saturated rings. The van der Waals surface area contributed by atoms with Gasteiger partial charge >= 0.3 is 5.97 Å². The second-order valence-corrected chi connectivity index (χ2v) is 10.3. The largest absolute Gasteiger partial charge is 0.493 e. The van der Waals surface area contributed by atoms with Crippen LogP contribution in [0, 0.1) is 0 Å². The maximum absolute atomic E-state index is 13.5. The fourth-order valence-electron chi connectivity index (χ4n) is 6.82. The number of likely N-dealkylation sites (N-methyl/N-ethyl adjacent to an activating group) is 1. The van der Waals surface area contributed by atoms with Gasteiger partial charge in [0.25, 0.3) is 0 Å². The highest BCUT2D eigenvalue weighted by Gasteiger charge is 2.72. The molecule has 2 aliphatic carbocycles. The molecule has 1 aromatic carbocycles. The van der Waals surface area contributed by atoms with Crippen LogP contribution in [-0.4, -0.2) is 76.8 Å². The first-order valence-electron chi connectivity index (χ1n) is 12.5. The molecule has 1 aromatic heterocycles. The number of nitrogens with zero attached hydrogens (tertiary/aromatic N) is 2. The molecule has 6 rings (SSSR count). The number of benzene rings is 1. The van der Waals surface area contributed by atoms with E-state index < -0.39 is 29.1 Å². The Hall–Kier alpha value is -3.41. The lowest BCUT2D eigenvalue weighted by Crippen LogP contribution is -2.74. The lowest BCUT2D eigenvalue weighted by molar-refractivity contribution is -0.170. The number of aromatic amines is 1. The molecule has 1 unspecified atom stereocenters. The average molecular weight is 510 g/mol. The van der Waals surface area contributed by atoms with Crippen molar-refractivity contribution in [3.05, 3.63) is 53.3 Å². The molecule has 11 nitrogen and oxygen atoms in total. The number of aromatic nitrogens is 2. The molecule has 2 aliphatic heterocycles. The van der Waals surface area contributed by atoms with E-state index >= 15 is 0 Å². The standard InChI is InChI=1S/C26H31N5O6/c1-31-10-8-25-20-14-3-4-16(35-2)22(20)37-23(25)17(5-7-26(25,34)18(31)11-14)36-24(33)21(15-12-28-13-29-15)30-19(32)6-9-27/h3-5,12-13,18,21,23,34H,6-11,27H2,1-2H3,(H,28,29)(H,30,32)/t18-,21?,23+,25+,26-/m1/s1. The van der Waals surface area contributed by atoms with Gasteiger partial charge in [0.05, 0.1) is 36.3 Å². The van der Waals surface area contributed by atoms with E-state index in [1.807, 2.05) is 19.2 Å². The van der Waals surface area contributed by atoms with E-state index in [0.717, 1.165) is 17.7 Å². The summed E-state index contributed by atoms with van der Waals surface area (Å²) < 4.78 is 18.1. The van der Waals surface area contributed by atoms with E-state index in [0.29, 0.717) is 42.2 Å². The zero-order chi connectivity index (χ0) is 25.9. The number of rotatable bonds is 7. The highest BCUT2D eigenvalue weighted by Crippen LogP contribution is 2.65. The summed E-state index contributed by atoms with van der Waals surface area (Å²) in [7, 11) is 3.62. The van der Waals surface area contributed by atoms with E-state index in [-0.39, 0.29) is 24.9 Å². The Kier molecular flexibility index (Phi) is 5.55. The predicted octanol–water partition coefficient (Wildman–Crippen LogP) is 0.446. The summed E-state index contributed by atoms with van der Waals surface area (Å²) in [4.78, 5) is 34.9. The van der Waals surface area contributed by atoms with Crippen LogP contribution in [0.15, 0.2) is 36.5 Å². The molecule has 1 spiro atoms. The van der Waals surface area contributed by atoms with E-state index in [9.17, 15) is 14.7 Å². The lowest BCUT2D eigenvalue weighted by Gasteiger charge is -2.61. The van der Waals surface area contributed by atoms with Crippen LogP contribution in [0.3, 0.4) is 0 Å². The number of ether oxygens (including phenoxy) is 3. The molecule has 0 radical (unpaired) electrons. The summed E-state index contributed by atoms with van der Waals surface area (Å²) in [5.74, 6) is 0.430. The number of carbonyl (C=O) groups is 2. The summed E-state index contributed by atoms with van der Waals surface area (Å²) >= 11 is 0. The van der Waals surface area contributed by atoms with Crippen LogP contribution in [-0.2, 0) is 26.2 Å². The van der Waals surface area contributed by atoms with Gasteiger partial charge in [-0.05, 0) is 44.1 Å². The summed E-state index contributed by atoms with van der Waals surface area (Å²) in [5.41, 5.74) is 6.06. The molecule has 3 heterocycles. The minimum absolute atomic E-state index is 0.0648. The van der Waals surface area contributed by atoms with Crippen molar-refractivity contribution in [3.8, 4) is 11.5 Å². The first-order chi connectivity index (χ1) is 17.8. The van der Waals surface area contributed by atoms with Gasteiger partial charge in [0.2, 0.25) is 5.91 Å². The van der Waals surface area contributed by atoms with Crippen molar-refractivity contribution in [2.45, 2.75) is 54.9 Å². The second kappa shape index (κ2) is 8.57. The van der Waals surface area contributed by atoms with Crippen LogP contribution in [0.4, 0.5) is 0 Å². The van der Waals surface area contributed by atoms with E-state index in [4.69, 9.17) is 19.9 Å². The van der Waals surface area contributed by atoms with Crippen molar-refractivity contribution in [2.24, 2.45) is 5.73 Å². The number of hydrogen-bond acceptors (Lipinski definition) is 9. The van der Waals surface area contributed by atoms with Crippen molar-refractivity contribution < 1.29 is 28.9 Å². The molecular formula is C26H31N5O6. The molecule has 5 atom stereocenters. The summed E-state index contributed by atoms with van der Waals surface area (Å²) in [6.07, 6.45) is 5.60. The quantitative estimate of drug-likeness (QED) is 0.390. The monoisotopic (exact) mass is 509 g/mol. The van der Waals surface area contributed by atoms with Gasteiger partial charge in [0.1, 0.15) is 5.76 Å². The van der Waals surface area contributed by atoms with Crippen molar-refractivity contribution in [1.29, 1.82) is 0 Å². The number of methoxy groups -OCH3 is 1. The third-order valence-electron chi connectivity index (χ3n) is 8.52. The van der Waals surface area contributed by atoms with Crippen LogP contribution < -0.4 is 20.5 Å². The summed E-state index contributed by atoms with van der Waals surface area (Å²) in [5, 5.41) is 15.0. The average Bonchev–Trinajstić information content (AvgIpc) is 3.53. The Morgan fingerprint density at radius 3 is 3.00 bits per heavy atom. The molecule has 1 amide bonds. The first kappa shape index (κ1) is 24.0. The molecule has 1 saturated heterocycles. The number of carbonyl (C=O) groups excluding carboxylic acids is 2. The Morgan fingerprint density at radius 1 is 1.43 bits per heavy atom. The fraction of sp³-hybridized carbons (Fsp3) is 0.500. The summed E-state index contributed by atoms with van der Waals surface area (Å²) in [6.45, 7) is 0.910. The van der Waals surface area contributed by atoms with Gasteiger partial charge in [-0.2, -0.15) is 0 Å². The topological polar surface area (TPSA) is 152 Å². The Bertz CT molecular complexity index is 1280. The molecule has 2 aromatic rings. The van der Waals surface area contributed by atoms with E-state index in [1.54, 1.807) is 13.2 Å². The molecule has 5 N–H and O–H groups in total. The number of nitrogens with one attached hydrogen (secondary N) is 2. The minimum Gasteiger partial charge on any atom is -0.493 e. The van der Waals surface area contributed by atoms with Gasteiger partial charge in [-0.25, -0.2) is 9.78 Å². The number of esters is 1. The molecule has 0 saturated carbocycles. The van der Waals surface area contributed by atoms with Crippen LogP contribution in [0.5, 0.6) is 11.5 Å². The number of likely N-dealkylation sites (tertiary alicyclic amines) is 1. The van der Waals surface area contributed by atoms with Crippen molar-refractivity contribution >= 4 is 11.9 Å². The second-order valence-electron chi connectivity index (χ2n) is 10.3. The Balaban J connectivity index is 1.39. The number of imidazole rings is 1. The predicted molar refractivity (Wildman–Crippen MR) is 131 cm³/mol. The van der Waals surface area contributed by atoms with Gasteiger partial charge in [-0.1, -0.05) is 6.07 Å². The minimum atomic E-state index is -1.11. The third-order valence-corrected chi connectivity index (χ3v) is 8.52. The molecule has 196 valence electrons. The zero-order valence-electron chi connectivity index (χ0n) is 20.8. The number of piperidine rings is 1. The Labute approximate surface area is 214 Å². The van der Waals surface area contributed by atoms with E-state index in [2.05, 4.69) is 20.2 Å². The first-order valence-corrected chi connectivity index (χ1v) is 12.5. The number of hydrogen-bond donors (Lipinski definition) is 4. The highest BCUT2D eigenvalue weighted by molar-refractivity contribution is 5.85. The molecule has 4 aliphatic rings. The van der Waals surface area contributed by atoms with Gasteiger partial charge in [-0.15, -0.1) is 0 Å². The van der Waals surface area contributed by atoms with Crippen molar-refractivity contribution in [3.63, 3.8) is 0 Å². The number of nitrogens with two attached hydrogens (primary N) is 1. The van der Waals surface area contributed by atoms with Crippen molar-refractivity contribution in [1.82, 2.24) is 20.2 Å². The van der Waals surface area contributed by atoms with Gasteiger partial charge in [0.15, 0.2) is 23.6 Å². The number of aliphatic hydroxyl groups is 1. The van der Waals surface area contributed by atoms with Crippen LogP contribution in [0.2, 0.25) is 0 Å². The van der Waals surface area contributed by atoms with Crippen LogP contribution in [0.1, 0.15) is 42.1 Å². The van der Waals surface area contributed by atoms with Gasteiger partial charge < -0.3 is 40.3 Å². The van der Waals surface area contributed by atoms with Crippen molar-refractivity contribution in [2.75, 3.05) is 27.2 Å². The number of amides is 1. The van der Waals surface area contributed by atoms with Gasteiger partial charge in [0, 0.05) is 31.0 Å². The third kappa shape index (κ3) is 3.27. The summed E-state index contributed by atoms with van der Waals surface area (Å²) in [6, 6.07) is 2.72.